The number of hydrogen-bond acceptors (Lipinski definition) is 4. The van der Waals surface area contributed by atoms with Crippen molar-refractivity contribution < 1.29 is 21.9 Å². The minimum atomic E-state index is -3.98. The number of sulfonamides is 1. The first-order valence-electron chi connectivity index (χ1n) is 7.09. The molecule has 2 aromatic rings. The van der Waals surface area contributed by atoms with Crippen LogP contribution in [0.2, 0.25) is 0 Å². The van der Waals surface area contributed by atoms with Crippen molar-refractivity contribution in [3.63, 3.8) is 0 Å². The van der Waals surface area contributed by atoms with E-state index in [1.54, 1.807) is 18.3 Å². The van der Waals surface area contributed by atoms with Crippen molar-refractivity contribution in [2.45, 2.75) is 17.4 Å². The summed E-state index contributed by atoms with van der Waals surface area (Å²) in [5.41, 5.74) is 0. The molecule has 5 nitrogen and oxygen atoms in total. The van der Waals surface area contributed by atoms with Gasteiger partial charge in [0.25, 0.3) is 0 Å². The smallest absolute Gasteiger partial charge is 0.243 e. The molecule has 0 spiro atoms. The highest BCUT2D eigenvalue weighted by Gasteiger charge is 2.34. The SMILES string of the molecule is O=S(=O)(c1cc(F)cc(F)c1)N1CCC(Oc2ncccc2Br)C1. The third kappa shape index (κ3) is 3.57. The molecule has 1 saturated heterocycles. The van der Waals surface area contributed by atoms with E-state index in [9.17, 15) is 17.2 Å². The number of benzene rings is 1. The van der Waals surface area contributed by atoms with Gasteiger partial charge in [-0.2, -0.15) is 4.31 Å². The minimum Gasteiger partial charge on any atom is -0.472 e. The first-order chi connectivity index (χ1) is 11.4. The molecule has 1 aromatic carbocycles. The van der Waals surface area contributed by atoms with Gasteiger partial charge in [0.1, 0.15) is 17.7 Å². The Morgan fingerprint density at radius 1 is 1.25 bits per heavy atom. The molecule has 1 aromatic heterocycles. The number of nitrogens with zero attached hydrogens (tertiary/aromatic N) is 2. The van der Waals surface area contributed by atoms with Gasteiger partial charge in [-0.25, -0.2) is 22.2 Å². The molecular formula is C15H13BrF2N2O3S. The van der Waals surface area contributed by atoms with Crippen LogP contribution >= 0.6 is 15.9 Å². The fraction of sp³-hybridized carbons (Fsp3) is 0.267. The molecule has 1 fully saturated rings. The van der Waals surface area contributed by atoms with Gasteiger partial charge in [-0.05, 0) is 46.6 Å². The fourth-order valence-electron chi connectivity index (χ4n) is 2.45. The van der Waals surface area contributed by atoms with E-state index in [0.29, 0.717) is 22.8 Å². The normalized spacial score (nSPS) is 18.7. The van der Waals surface area contributed by atoms with Gasteiger partial charge in [0, 0.05) is 18.8 Å². The number of aromatic nitrogens is 1. The molecule has 24 heavy (non-hydrogen) atoms. The maximum absolute atomic E-state index is 13.3. The average molecular weight is 419 g/mol. The first kappa shape index (κ1) is 17.2. The Morgan fingerprint density at radius 2 is 1.96 bits per heavy atom. The Labute approximate surface area is 146 Å². The van der Waals surface area contributed by atoms with Crippen molar-refractivity contribution in [2.24, 2.45) is 0 Å². The largest absolute Gasteiger partial charge is 0.472 e. The lowest BCUT2D eigenvalue weighted by Crippen LogP contribution is -2.31. The van der Waals surface area contributed by atoms with Crippen molar-refractivity contribution in [2.75, 3.05) is 13.1 Å². The molecule has 1 aliphatic rings. The lowest BCUT2D eigenvalue weighted by molar-refractivity contribution is 0.205. The molecule has 0 radical (unpaired) electrons. The maximum Gasteiger partial charge on any atom is 0.243 e. The summed E-state index contributed by atoms with van der Waals surface area (Å²) in [6.45, 7) is 0.291. The highest BCUT2D eigenvalue weighted by molar-refractivity contribution is 9.10. The zero-order valence-corrected chi connectivity index (χ0v) is 14.7. The molecule has 1 unspecified atom stereocenters. The zero-order chi connectivity index (χ0) is 17.3. The number of hydrogen-bond donors (Lipinski definition) is 0. The van der Waals surface area contributed by atoms with Crippen LogP contribution in [0.4, 0.5) is 8.78 Å². The van der Waals surface area contributed by atoms with Crippen LogP contribution in [0, 0.1) is 11.6 Å². The van der Waals surface area contributed by atoms with Crippen molar-refractivity contribution in [3.8, 4) is 5.88 Å². The van der Waals surface area contributed by atoms with Crippen LogP contribution in [0.25, 0.3) is 0 Å². The molecule has 1 aliphatic heterocycles. The minimum absolute atomic E-state index is 0.0868. The van der Waals surface area contributed by atoms with Crippen LogP contribution in [-0.2, 0) is 10.0 Å². The van der Waals surface area contributed by atoms with Crippen LogP contribution < -0.4 is 4.74 Å². The summed E-state index contributed by atoms with van der Waals surface area (Å²) < 4.78 is 59.1. The summed E-state index contributed by atoms with van der Waals surface area (Å²) in [5, 5.41) is 0. The second-order valence-electron chi connectivity index (χ2n) is 5.29. The summed E-state index contributed by atoms with van der Waals surface area (Å²) in [6, 6.07) is 5.75. The van der Waals surface area contributed by atoms with Gasteiger partial charge in [0.05, 0.1) is 15.9 Å². The Hall–Kier alpha value is -1.58. The summed E-state index contributed by atoms with van der Waals surface area (Å²) in [6.07, 6.45) is 1.64. The predicted molar refractivity (Wildman–Crippen MR) is 86.1 cm³/mol. The first-order valence-corrected chi connectivity index (χ1v) is 9.33. The van der Waals surface area contributed by atoms with E-state index in [0.717, 1.165) is 16.4 Å². The monoisotopic (exact) mass is 418 g/mol. The van der Waals surface area contributed by atoms with Crippen molar-refractivity contribution in [1.82, 2.24) is 9.29 Å². The second kappa shape index (κ2) is 6.73. The summed E-state index contributed by atoms with van der Waals surface area (Å²) in [4.78, 5) is 3.67. The van der Waals surface area contributed by atoms with Gasteiger partial charge in [-0.15, -0.1) is 0 Å². The van der Waals surface area contributed by atoms with Crippen molar-refractivity contribution >= 4 is 26.0 Å². The molecule has 0 bridgehead atoms. The zero-order valence-electron chi connectivity index (χ0n) is 12.3. The molecule has 0 aliphatic carbocycles. The van der Waals surface area contributed by atoms with Crippen LogP contribution in [0.5, 0.6) is 5.88 Å². The van der Waals surface area contributed by atoms with Gasteiger partial charge in [-0.3, -0.25) is 0 Å². The van der Waals surface area contributed by atoms with Crippen molar-refractivity contribution in [1.29, 1.82) is 0 Å². The molecule has 0 N–H and O–H groups in total. The Morgan fingerprint density at radius 3 is 2.62 bits per heavy atom. The molecule has 3 rings (SSSR count). The third-order valence-corrected chi connectivity index (χ3v) is 6.03. The third-order valence-electron chi connectivity index (χ3n) is 3.58. The molecule has 0 amide bonds. The molecular weight excluding hydrogens is 406 g/mol. The van der Waals surface area contributed by atoms with Gasteiger partial charge in [0.2, 0.25) is 15.9 Å². The van der Waals surface area contributed by atoms with E-state index >= 15 is 0 Å². The van der Waals surface area contributed by atoms with Gasteiger partial charge in [0.15, 0.2) is 0 Å². The Kier molecular flexibility index (Phi) is 4.84. The highest BCUT2D eigenvalue weighted by Crippen LogP contribution is 2.27. The van der Waals surface area contributed by atoms with Crippen LogP contribution in [-0.4, -0.2) is 36.9 Å². The lowest BCUT2D eigenvalue weighted by Gasteiger charge is -2.17. The van der Waals surface area contributed by atoms with E-state index in [1.165, 1.54) is 0 Å². The van der Waals surface area contributed by atoms with Gasteiger partial charge in [-0.1, -0.05) is 0 Å². The molecule has 1 atom stereocenters. The highest BCUT2D eigenvalue weighted by atomic mass is 79.9. The summed E-state index contributed by atoms with van der Waals surface area (Å²) in [5.74, 6) is -1.49. The topological polar surface area (TPSA) is 59.5 Å². The van der Waals surface area contributed by atoms with Crippen molar-refractivity contribution in [3.05, 3.63) is 52.6 Å². The van der Waals surface area contributed by atoms with Gasteiger partial charge < -0.3 is 4.74 Å². The predicted octanol–water partition coefficient (Wildman–Crippen LogP) is 2.96. The van der Waals surface area contributed by atoms with E-state index < -0.39 is 26.6 Å². The number of rotatable bonds is 4. The quantitative estimate of drug-likeness (QED) is 0.765. The Balaban J connectivity index is 1.76. The van der Waals surface area contributed by atoms with Crippen LogP contribution in [0.15, 0.2) is 45.9 Å². The number of pyridine rings is 1. The molecule has 2 heterocycles. The van der Waals surface area contributed by atoms with Crippen LogP contribution in [0.3, 0.4) is 0 Å². The number of ether oxygens (including phenoxy) is 1. The van der Waals surface area contributed by atoms with E-state index in [-0.39, 0.29) is 19.2 Å². The van der Waals surface area contributed by atoms with E-state index in [4.69, 9.17) is 4.74 Å². The van der Waals surface area contributed by atoms with Crippen LogP contribution in [0.1, 0.15) is 6.42 Å². The molecule has 128 valence electrons. The van der Waals surface area contributed by atoms with E-state index in [1.807, 2.05) is 0 Å². The maximum atomic E-state index is 13.3. The second-order valence-corrected chi connectivity index (χ2v) is 8.08. The standard InChI is InChI=1S/C15H13BrF2N2O3S/c16-14-2-1-4-19-15(14)23-12-3-5-20(9-12)24(21,22)13-7-10(17)6-11(18)8-13/h1-2,4,6-8,12H,3,5,9H2. The summed E-state index contributed by atoms with van der Waals surface area (Å²) in [7, 11) is -3.98. The number of halogens is 3. The fourth-order valence-corrected chi connectivity index (χ4v) is 4.33. The van der Waals surface area contributed by atoms with Gasteiger partial charge >= 0.3 is 0 Å². The Bertz CT molecular complexity index is 843. The molecule has 9 heteroatoms. The van der Waals surface area contributed by atoms with E-state index in [2.05, 4.69) is 20.9 Å². The summed E-state index contributed by atoms with van der Waals surface area (Å²) >= 11 is 3.31. The average Bonchev–Trinajstić information content (AvgIpc) is 2.98. The molecule has 0 saturated carbocycles. The lowest BCUT2D eigenvalue weighted by atomic mass is 10.3.